The molecular weight excluding hydrogens is 338 g/mol. The number of hydrogen-bond acceptors (Lipinski definition) is 3. The summed E-state index contributed by atoms with van der Waals surface area (Å²) in [5, 5.41) is 0. The molecule has 0 saturated carbocycles. The van der Waals surface area contributed by atoms with E-state index in [2.05, 4.69) is 44.7 Å². The molecule has 0 radical (unpaired) electrons. The second-order valence-corrected chi connectivity index (χ2v) is 9.19. The minimum absolute atomic E-state index is 0.132. The summed E-state index contributed by atoms with van der Waals surface area (Å²) in [4.78, 5) is 14.2. The molecule has 1 amide bonds. The molecule has 2 aliphatic rings. The molecule has 2 unspecified atom stereocenters. The van der Waals surface area contributed by atoms with Crippen LogP contribution in [0.5, 0.6) is 11.5 Å². The average Bonchev–Trinajstić information content (AvgIpc) is 3.19. The number of ether oxygens (including phenoxy) is 2. The zero-order valence-electron chi connectivity index (χ0n) is 17.6. The van der Waals surface area contributed by atoms with Crippen molar-refractivity contribution >= 4 is 5.91 Å². The Kier molecular flexibility index (Phi) is 6.02. The van der Waals surface area contributed by atoms with Gasteiger partial charge >= 0.3 is 0 Å². The average molecular weight is 374 g/mol. The molecule has 2 atom stereocenters. The van der Waals surface area contributed by atoms with Gasteiger partial charge in [0.2, 0.25) is 5.91 Å². The van der Waals surface area contributed by atoms with Crippen molar-refractivity contribution < 1.29 is 14.3 Å². The number of carbonyl (C=O) groups excluding carboxylic acids is 1. The molecule has 1 aromatic rings. The lowest BCUT2D eigenvalue weighted by atomic mass is 9.85. The van der Waals surface area contributed by atoms with Gasteiger partial charge in [-0.25, -0.2) is 0 Å². The van der Waals surface area contributed by atoms with Crippen molar-refractivity contribution in [2.24, 2.45) is 11.3 Å². The van der Waals surface area contributed by atoms with Crippen LogP contribution in [0.25, 0.3) is 0 Å². The van der Waals surface area contributed by atoms with Gasteiger partial charge in [0.1, 0.15) is 11.5 Å². The lowest BCUT2D eigenvalue weighted by molar-refractivity contribution is -0.127. The fraction of sp³-hybridized carbons (Fsp3) is 0.696. The number of nitrogens with zero attached hydrogens (tertiary/aromatic N) is 1. The number of methoxy groups -OCH3 is 1. The summed E-state index contributed by atoms with van der Waals surface area (Å²) in [6.07, 6.45) is 4.92. The van der Waals surface area contributed by atoms with Gasteiger partial charge in [-0.3, -0.25) is 4.79 Å². The van der Waals surface area contributed by atoms with Crippen LogP contribution in [0.2, 0.25) is 0 Å². The van der Waals surface area contributed by atoms with Crippen molar-refractivity contribution in [3.63, 3.8) is 0 Å². The minimum Gasteiger partial charge on any atom is -0.496 e. The molecule has 2 heterocycles. The maximum atomic E-state index is 12.2. The van der Waals surface area contributed by atoms with Crippen molar-refractivity contribution in [2.75, 3.05) is 26.8 Å². The van der Waals surface area contributed by atoms with E-state index < -0.39 is 0 Å². The van der Waals surface area contributed by atoms with Gasteiger partial charge in [0.05, 0.1) is 13.7 Å². The minimum atomic E-state index is 0.132. The first kappa shape index (κ1) is 20.0. The Bertz CT molecular complexity index is 682. The summed E-state index contributed by atoms with van der Waals surface area (Å²) in [6, 6.07) is 4.43. The van der Waals surface area contributed by atoms with Crippen LogP contribution in [-0.4, -0.2) is 37.6 Å². The molecule has 0 aliphatic carbocycles. The predicted octanol–water partition coefficient (Wildman–Crippen LogP) is 4.80. The molecule has 0 N–H and O–H groups in total. The lowest BCUT2D eigenvalue weighted by Gasteiger charge is -2.24. The van der Waals surface area contributed by atoms with Gasteiger partial charge in [-0.15, -0.1) is 0 Å². The summed E-state index contributed by atoms with van der Waals surface area (Å²) in [7, 11) is 1.75. The summed E-state index contributed by atoms with van der Waals surface area (Å²) in [6.45, 7) is 11.5. The Morgan fingerprint density at radius 1 is 1.33 bits per heavy atom. The van der Waals surface area contributed by atoms with Crippen molar-refractivity contribution in [2.45, 2.75) is 65.7 Å². The highest BCUT2D eigenvalue weighted by Crippen LogP contribution is 2.39. The van der Waals surface area contributed by atoms with Crippen LogP contribution in [0.15, 0.2) is 12.1 Å². The molecule has 4 heteroatoms. The number of rotatable bonds is 8. The summed E-state index contributed by atoms with van der Waals surface area (Å²) >= 11 is 0. The predicted molar refractivity (Wildman–Crippen MR) is 109 cm³/mol. The Balaban J connectivity index is 1.61. The first-order valence-corrected chi connectivity index (χ1v) is 10.4. The molecule has 1 aromatic carbocycles. The maximum absolute atomic E-state index is 12.2. The highest BCUT2D eigenvalue weighted by atomic mass is 16.5. The first-order chi connectivity index (χ1) is 12.8. The maximum Gasteiger partial charge on any atom is 0.223 e. The molecule has 4 nitrogen and oxygen atoms in total. The van der Waals surface area contributed by atoms with Crippen LogP contribution in [0.1, 0.15) is 70.4 Å². The standard InChI is InChI=1S/C23H35NO3/c1-6-17(18-12-20(26-5)19-8-10-27-21(19)13-18)11-16(2)7-9-24-15-23(3,4)14-22(24)25/h12-13,16-17H,6-11,14-15H2,1-5H3. The van der Waals surface area contributed by atoms with Crippen molar-refractivity contribution in [3.8, 4) is 11.5 Å². The van der Waals surface area contributed by atoms with E-state index in [1.54, 1.807) is 7.11 Å². The first-order valence-electron chi connectivity index (χ1n) is 10.4. The summed E-state index contributed by atoms with van der Waals surface area (Å²) in [5.41, 5.74) is 2.66. The smallest absolute Gasteiger partial charge is 0.223 e. The molecule has 150 valence electrons. The third-order valence-corrected chi connectivity index (χ3v) is 6.16. The molecule has 3 rings (SSSR count). The third-order valence-electron chi connectivity index (χ3n) is 6.16. The van der Waals surface area contributed by atoms with E-state index in [0.29, 0.717) is 24.2 Å². The number of benzene rings is 1. The normalized spacial score (nSPS) is 20.3. The highest BCUT2D eigenvalue weighted by Gasteiger charge is 2.35. The SMILES string of the molecule is CCC(CC(C)CCN1CC(C)(C)CC1=O)c1cc(OC)c2c(c1)OCC2. The van der Waals surface area contributed by atoms with Gasteiger partial charge in [-0.2, -0.15) is 0 Å². The lowest BCUT2D eigenvalue weighted by Crippen LogP contribution is -2.28. The van der Waals surface area contributed by atoms with Crippen LogP contribution >= 0.6 is 0 Å². The van der Waals surface area contributed by atoms with Gasteiger partial charge < -0.3 is 14.4 Å². The van der Waals surface area contributed by atoms with Crippen LogP contribution in [0, 0.1) is 11.3 Å². The van der Waals surface area contributed by atoms with E-state index in [-0.39, 0.29) is 5.41 Å². The second kappa shape index (κ2) is 8.12. The molecule has 0 aromatic heterocycles. The van der Waals surface area contributed by atoms with Crippen LogP contribution in [-0.2, 0) is 11.2 Å². The van der Waals surface area contributed by atoms with Gasteiger partial charge in [0.25, 0.3) is 0 Å². The molecule has 1 fully saturated rings. The van der Waals surface area contributed by atoms with Gasteiger partial charge in [0, 0.05) is 31.5 Å². The van der Waals surface area contributed by atoms with E-state index >= 15 is 0 Å². The van der Waals surface area contributed by atoms with Crippen molar-refractivity contribution in [3.05, 3.63) is 23.3 Å². The topological polar surface area (TPSA) is 38.8 Å². The second-order valence-electron chi connectivity index (χ2n) is 9.19. The molecule has 27 heavy (non-hydrogen) atoms. The molecule has 0 spiro atoms. The van der Waals surface area contributed by atoms with E-state index in [9.17, 15) is 4.79 Å². The summed E-state index contributed by atoms with van der Waals surface area (Å²) in [5.74, 6) is 3.36. The Morgan fingerprint density at radius 3 is 2.74 bits per heavy atom. The van der Waals surface area contributed by atoms with E-state index in [1.165, 1.54) is 11.1 Å². The van der Waals surface area contributed by atoms with Crippen LogP contribution in [0.3, 0.4) is 0 Å². The fourth-order valence-corrected chi connectivity index (χ4v) is 4.60. The zero-order chi connectivity index (χ0) is 19.6. The van der Waals surface area contributed by atoms with E-state index in [0.717, 1.165) is 56.9 Å². The quantitative estimate of drug-likeness (QED) is 0.657. The van der Waals surface area contributed by atoms with Crippen LogP contribution in [0.4, 0.5) is 0 Å². The number of likely N-dealkylation sites (tertiary alicyclic amines) is 1. The summed E-state index contributed by atoms with van der Waals surface area (Å²) < 4.78 is 11.4. The van der Waals surface area contributed by atoms with Gasteiger partial charge in [0.15, 0.2) is 0 Å². The number of carbonyl (C=O) groups is 1. The number of fused-ring (bicyclic) bond motifs is 1. The Morgan fingerprint density at radius 2 is 2.11 bits per heavy atom. The fourth-order valence-electron chi connectivity index (χ4n) is 4.60. The molecular formula is C23H35NO3. The van der Waals surface area contributed by atoms with E-state index in [1.807, 2.05) is 0 Å². The number of amides is 1. The van der Waals surface area contributed by atoms with Gasteiger partial charge in [-0.1, -0.05) is 27.7 Å². The molecule has 2 aliphatic heterocycles. The largest absolute Gasteiger partial charge is 0.496 e. The van der Waals surface area contributed by atoms with Crippen molar-refractivity contribution in [1.29, 1.82) is 0 Å². The van der Waals surface area contributed by atoms with E-state index in [4.69, 9.17) is 9.47 Å². The Labute approximate surface area is 164 Å². The van der Waals surface area contributed by atoms with Crippen molar-refractivity contribution in [1.82, 2.24) is 4.90 Å². The number of hydrogen-bond donors (Lipinski definition) is 0. The zero-order valence-corrected chi connectivity index (χ0v) is 17.6. The Hall–Kier alpha value is -1.71. The molecule has 0 bridgehead atoms. The van der Waals surface area contributed by atoms with Crippen LogP contribution < -0.4 is 9.47 Å². The highest BCUT2D eigenvalue weighted by molar-refractivity contribution is 5.79. The third kappa shape index (κ3) is 4.59. The van der Waals surface area contributed by atoms with Gasteiger partial charge in [-0.05, 0) is 54.2 Å². The molecule has 1 saturated heterocycles. The monoisotopic (exact) mass is 373 g/mol.